The van der Waals surface area contributed by atoms with Crippen LogP contribution in [0.5, 0.6) is 0 Å². The lowest BCUT2D eigenvalue weighted by molar-refractivity contribution is -0.141. The van der Waals surface area contributed by atoms with Gasteiger partial charge in [0.15, 0.2) is 5.69 Å². The summed E-state index contributed by atoms with van der Waals surface area (Å²) in [6.45, 7) is 3.58. The van der Waals surface area contributed by atoms with Crippen molar-refractivity contribution in [2.45, 2.75) is 39.5 Å². The van der Waals surface area contributed by atoms with Gasteiger partial charge in [0, 0.05) is 13.5 Å². The second kappa shape index (κ2) is 6.84. The Labute approximate surface area is 141 Å². The molecule has 24 heavy (non-hydrogen) atoms. The van der Waals surface area contributed by atoms with E-state index in [0.29, 0.717) is 6.54 Å². The highest BCUT2D eigenvalue weighted by molar-refractivity contribution is 6.31. The Balaban J connectivity index is 1.93. The van der Waals surface area contributed by atoms with E-state index in [1.54, 1.807) is 11.7 Å². The van der Waals surface area contributed by atoms with Crippen molar-refractivity contribution < 1.29 is 18.0 Å². The monoisotopic (exact) mass is 363 g/mol. The molecule has 132 valence electrons. The molecule has 0 saturated heterocycles. The first kappa shape index (κ1) is 18.3. The standard InChI is InChI=1S/C14H17ClF3N5O/c1-8-6-10(22(3)20-8)7-19-11(24)4-5-23-9(2)12(15)13(21-23)14(16,17)18/h6H,4-5,7H2,1-3H3,(H,19,24). The number of hydrogen-bond donors (Lipinski definition) is 1. The molecule has 0 bridgehead atoms. The molecule has 0 aliphatic heterocycles. The maximum atomic E-state index is 12.7. The van der Waals surface area contributed by atoms with E-state index >= 15 is 0 Å². The highest BCUT2D eigenvalue weighted by Crippen LogP contribution is 2.35. The molecular formula is C14H17ClF3N5O. The van der Waals surface area contributed by atoms with Gasteiger partial charge in [0.1, 0.15) is 0 Å². The highest BCUT2D eigenvalue weighted by Gasteiger charge is 2.38. The molecule has 0 atom stereocenters. The van der Waals surface area contributed by atoms with E-state index < -0.39 is 16.9 Å². The summed E-state index contributed by atoms with van der Waals surface area (Å²) in [5.41, 5.74) is 0.716. The summed E-state index contributed by atoms with van der Waals surface area (Å²) >= 11 is 5.66. The zero-order valence-electron chi connectivity index (χ0n) is 13.4. The smallest absolute Gasteiger partial charge is 0.350 e. The number of aromatic nitrogens is 4. The van der Waals surface area contributed by atoms with Crippen LogP contribution in [0.2, 0.25) is 5.02 Å². The van der Waals surface area contributed by atoms with Crippen molar-refractivity contribution in [1.82, 2.24) is 24.9 Å². The molecule has 1 amide bonds. The van der Waals surface area contributed by atoms with Gasteiger partial charge in [-0.1, -0.05) is 11.6 Å². The largest absolute Gasteiger partial charge is 0.436 e. The number of hydrogen-bond acceptors (Lipinski definition) is 3. The first-order chi connectivity index (χ1) is 11.1. The predicted octanol–water partition coefficient (Wildman–Crippen LogP) is 2.61. The third-order valence-corrected chi connectivity index (χ3v) is 3.97. The zero-order chi connectivity index (χ0) is 18.1. The van der Waals surface area contributed by atoms with Crippen molar-refractivity contribution in [1.29, 1.82) is 0 Å². The third kappa shape index (κ3) is 4.08. The Morgan fingerprint density at radius 2 is 2.00 bits per heavy atom. The fraction of sp³-hybridized carbons (Fsp3) is 0.500. The van der Waals surface area contributed by atoms with E-state index in [0.717, 1.165) is 16.1 Å². The molecule has 0 fully saturated rings. The molecule has 0 aliphatic rings. The molecule has 6 nitrogen and oxygen atoms in total. The normalized spacial score (nSPS) is 11.8. The molecular weight excluding hydrogens is 347 g/mol. The van der Waals surface area contributed by atoms with Crippen molar-refractivity contribution in [2.75, 3.05) is 0 Å². The second-order valence-electron chi connectivity index (χ2n) is 5.40. The number of amides is 1. The topological polar surface area (TPSA) is 64.7 Å². The summed E-state index contributed by atoms with van der Waals surface area (Å²) < 4.78 is 41.0. The van der Waals surface area contributed by atoms with E-state index in [1.807, 2.05) is 13.0 Å². The summed E-state index contributed by atoms with van der Waals surface area (Å²) in [6.07, 6.45) is -4.63. The van der Waals surface area contributed by atoms with Crippen LogP contribution in [0.1, 0.15) is 29.2 Å². The summed E-state index contributed by atoms with van der Waals surface area (Å²) in [6, 6.07) is 1.84. The summed E-state index contributed by atoms with van der Waals surface area (Å²) in [7, 11) is 1.77. The Kier molecular flexibility index (Phi) is 5.22. The summed E-state index contributed by atoms with van der Waals surface area (Å²) in [5, 5.41) is 9.88. The maximum absolute atomic E-state index is 12.7. The Morgan fingerprint density at radius 3 is 2.50 bits per heavy atom. The predicted molar refractivity (Wildman–Crippen MR) is 81.4 cm³/mol. The van der Waals surface area contributed by atoms with E-state index in [1.165, 1.54) is 6.92 Å². The van der Waals surface area contributed by atoms with Gasteiger partial charge in [0.05, 0.1) is 35.2 Å². The lowest BCUT2D eigenvalue weighted by atomic mass is 10.3. The maximum Gasteiger partial charge on any atom is 0.436 e. The average molecular weight is 364 g/mol. The Hall–Kier alpha value is -2.03. The van der Waals surface area contributed by atoms with Crippen LogP contribution >= 0.6 is 11.6 Å². The van der Waals surface area contributed by atoms with Crippen LogP contribution < -0.4 is 5.32 Å². The third-order valence-electron chi connectivity index (χ3n) is 3.52. The Morgan fingerprint density at radius 1 is 1.33 bits per heavy atom. The van der Waals surface area contributed by atoms with E-state index in [9.17, 15) is 18.0 Å². The number of carbonyl (C=O) groups is 1. The molecule has 0 spiro atoms. The highest BCUT2D eigenvalue weighted by atomic mass is 35.5. The van der Waals surface area contributed by atoms with Crippen LogP contribution in [-0.2, 0) is 31.1 Å². The molecule has 0 unspecified atom stereocenters. The van der Waals surface area contributed by atoms with E-state index in [-0.39, 0.29) is 24.6 Å². The van der Waals surface area contributed by atoms with Crippen molar-refractivity contribution in [3.63, 3.8) is 0 Å². The van der Waals surface area contributed by atoms with Crippen LogP contribution in [0.15, 0.2) is 6.07 Å². The van der Waals surface area contributed by atoms with Gasteiger partial charge in [-0.25, -0.2) is 0 Å². The molecule has 0 aliphatic carbocycles. The van der Waals surface area contributed by atoms with Crippen LogP contribution in [0.4, 0.5) is 13.2 Å². The summed E-state index contributed by atoms with van der Waals surface area (Å²) in [4.78, 5) is 11.9. The van der Waals surface area contributed by atoms with Gasteiger partial charge >= 0.3 is 6.18 Å². The molecule has 2 aromatic heterocycles. The van der Waals surface area contributed by atoms with Gasteiger partial charge in [-0.05, 0) is 19.9 Å². The first-order valence-corrected chi connectivity index (χ1v) is 7.53. The van der Waals surface area contributed by atoms with Gasteiger partial charge in [-0.2, -0.15) is 23.4 Å². The minimum absolute atomic E-state index is 0.00696. The van der Waals surface area contributed by atoms with Crippen molar-refractivity contribution in [3.05, 3.63) is 33.9 Å². The van der Waals surface area contributed by atoms with Crippen molar-refractivity contribution in [3.8, 4) is 0 Å². The molecule has 1 N–H and O–H groups in total. The van der Waals surface area contributed by atoms with E-state index in [2.05, 4.69) is 15.5 Å². The lowest BCUT2D eigenvalue weighted by Crippen LogP contribution is -2.25. The lowest BCUT2D eigenvalue weighted by Gasteiger charge is -2.07. The fourth-order valence-corrected chi connectivity index (χ4v) is 2.48. The van der Waals surface area contributed by atoms with Gasteiger partial charge in [-0.3, -0.25) is 14.2 Å². The van der Waals surface area contributed by atoms with Gasteiger partial charge in [-0.15, -0.1) is 0 Å². The van der Waals surface area contributed by atoms with Crippen molar-refractivity contribution >= 4 is 17.5 Å². The molecule has 2 rings (SSSR count). The van der Waals surface area contributed by atoms with Crippen LogP contribution in [0.25, 0.3) is 0 Å². The number of rotatable bonds is 5. The number of aryl methyl sites for hydroxylation is 3. The second-order valence-corrected chi connectivity index (χ2v) is 5.77. The average Bonchev–Trinajstić information content (AvgIpc) is 2.94. The number of alkyl halides is 3. The molecule has 2 aromatic rings. The Bertz CT molecular complexity index is 750. The van der Waals surface area contributed by atoms with Crippen LogP contribution in [0.3, 0.4) is 0 Å². The van der Waals surface area contributed by atoms with Crippen LogP contribution in [0, 0.1) is 13.8 Å². The molecule has 0 saturated carbocycles. The van der Waals surface area contributed by atoms with Gasteiger partial charge in [0.25, 0.3) is 0 Å². The molecule has 2 heterocycles. The number of halogens is 4. The van der Waals surface area contributed by atoms with Gasteiger partial charge in [0.2, 0.25) is 5.91 Å². The van der Waals surface area contributed by atoms with Gasteiger partial charge < -0.3 is 5.32 Å². The first-order valence-electron chi connectivity index (χ1n) is 7.16. The number of carbonyl (C=O) groups excluding carboxylic acids is 1. The molecule has 10 heteroatoms. The van der Waals surface area contributed by atoms with Crippen molar-refractivity contribution in [2.24, 2.45) is 7.05 Å². The summed E-state index contributed by atoms with van der Waals surface area (Å²) in [5.74, 6) is -0.298. The number of nitrogens with one attached hydrogen (secondary N) is 1. The minimum Gasteiger partial charge on any atom is -0.350 e. The molecule has 0 aromatic carbocycles. The quantitative estimate of drug-likeness (QED) is 0.888. The SMILES string of the molecule is Cc1cc(CNC(=O)CCn2nc(C(F)(F)F)c(Cl)c2C)n(C)n1. The fourth-order valence-electron chi connectivity index (χ4n) is 2.24. The zero-order valence-corrected chi connectivity index (χ0v) is 14.2. The molecule has 0 radical (unpaired) electrons. The minimum atomic E-state index is -4.62. The van der Waals surface area contributed by atoms with E-state index in [4.69, 9.17) is 11.6 Å². The van der Waals surface area contributed by atoms with Crippen LogP contribution in [-0.4, -0.2) is 25.5 Å². The number of nitrogens with zero attached hydrogens (tertiary/aromatic N) is 4.